The van der Waals surface area contributed by atoms with Gasteiger partial charge in [0.1, 0.15) is 5.57 Å². The van der Waals surface area contributed by atoms with Gasteiger partial charge < -0.3 is 14.6 Å². The van der Waals surface area contributed by atoms with Gasteiger partial charge in [0.15, 0.2) is 0 Å². The molecule has 5 heteroatoms. The van der Waals surface area contributed by atoms with Gasteiger partial charge in [-0.05, 0) is 26.0 Å². The van der Waals surface area contributed by atoms with Crippen molar-refractivity contribution in [1.29, 1.82) is 0 Å². The number of carboxylic acid groups (broad SMARTS) is 1. The summed E-state index contributed by atoms with van der Waals surface area (Å²) in [5, 5.41) is 7.78. The van der Waals surface area contributed by atoms with Crippen molar-refractivity contribution in [3.8, 4) is 0 Å². The van der Waals surface area contributed by atoms with Crippen LogP contribution in [-0.4, -0.2) is 29.4 Å². The quantitative estimate of drug-likeness (QED) is 0.451. The molecule has 104 valence electrons. The molecule has 19 heavy (non-hydrogen) atoms. The van der Waals surface area contributed by atoms with E-state index in [2.05, 4.69) is 6.58 Å². The van der Waals surface area contributed by atoms with Gasteiger partial charge in [-0.25, -0.2) is 4.79 Å². The number of aliphatic carboxylic acids is 1. The molecule has 0 unspecified atom stereocenters. The maximum atomic E-state index is 11.2. The summed E-state index contributed by atoms with van der Waals surface area (Å²) >= 11 is 1.20. The molecule has 0 fully saturated rings. The number of carbonyl (C=O) groups is 1. The van der Waals surface area contributed by atoms with Crippen LogP contribution in [-0.2, 0) is 14.3 Å². The number of hydrogen-bond acceptors (Lipinski definition) is 4. The van der Waals surface area contributed by atoms with Crippen molar-refractivity contribution >= 4 is 17.7 Å². The van der Waals surface area contributed by atoms with Crippen LogP contribution in [0.25, 0.3) is 0 Å². The number of thioether (sulfide) groups is 1. The monoisotopic (exact) mass is 282 g/mol. The second kappa shape index (κ2) is 7.33. The van der Waals surface area contributed by atoms with Crippen molar-refractivity contribution in [2.45, 2.75) is 23.9 Å². The van der Waals surface area contributed by atoms with E-state index in [9.17, 15) is 9.90 Å². The van der Waals surface area contributed by atoms with E-state index in [-0.39, 0.29) is 5.57 Å². The smallest absolute Gasteiger partial charge is 0.337 e. The summed E-state index contributed by atoms with van der Waals surface area (Å²) < 4.78 is 11.1. The maximum absolute atomic E-state index is 11.2. The van der Waals surface area contributed by atoms with Crippen molar-refractivity contribution in [2.75, 3.05) is 13.2 Å². The van der Waals surface area contributed by atoms with Gasteiger partial charge in [0, 0.05) is 18.1 Å². The van der Waals surface area contributed by atoms with E-state index in [1.165, 1.54) is 11.8 Å². The summed E-state index contributed by atoms with van der Waals surface area (Å²) in [6, 6.07) is 9.36. The Hall–Kier alpha value is -1.30. The summed E-state index contributed by atoms with van der Waals surface area (Å²) in [6.07, 6.45) is 0. The first kappa shape index (κ1) is 15.8. The Kier molecular flexibility index (Phi) is 6.08. The molecule has 1 aromatic carbocycles. The largest absolute Gasteiger partial charge is 0.478 e. The molecule has 4 nitrogen and oxygen atoms in total. The van der Waals surface area contributed by atoms with Crippen LogP contribution in [0.5, 0.6) is 0 Å². The molecule has 0 amide bonds. The minimum absolute atomic E-state index is 0.120. The van der Waals surface area contributed by atoms with Crippen LogP contribution in [0.2, 0.25) is 0 Å². The third kappa shape index (κ3) is 4.09. The topological polar surface area (TPSA) is 55.8 Å². The highest BCUT2D eigenvalue weighted by Gasteiger charge is 2.40. The molecule has 0 aliphatic rings. The van der Waals surface area contributed by atoms with Gasteiger partial charge in [-0.15, -0.1) is 0 Å². The number of hydrogen-bond donors (Lipinski definition) is 1. The third-order valence-corrected chi connectivity index (χ3v) is 3.55. The number of benzene rings is 1. The molecular formula is C14H18O4S. The highest BCUT2D eigenvalue weighted by atomic mass is 32.2. The zero-order chi connectivity index (χ0) is 14.3. The Labute approximate surface area is 117 Å². The van der Waals surface area contributed by atoms with Gasteiger partial charge >= 0.3 is 5.97 Å². The summed E-state index contributed by atoms with van der Waals surface area (Å²) in [4.78, 5) is 12.1. The van der Waals surface area contributed by atoms with E-state index in [0.717, 1.165) is 4.90 Å². The van der Waals surface area contributed by atoms with Crippen LogP contribution < -0.4 is 0 Å². The van der Waals surface area contributed by atoms with E-state index in [0.29, 0.717) is 13.2 Å². The van der Waals surface area contributed by atoms with Crippen LogP contribution in [0.15, 0.2) is 47.4 Å². The van der Waals surface area contributed by atoms with Crippen molar-refractivity contribution in [3.63, 3.8) is 0 Å². The molecule has 0 aliphatic heterocycles. The Morgan fingerprint density at radius 1 is 1.26 bits per heavy atom. The Bertz CT molecular complexity index is 424. The maximum Gasteiger partial charge on any atom is 0.337 e. The van der Waals surface area contributed by atoms with Crippen LogP contribution in [0.1, 0.15) is 13.8 Å². The van der Waals surface area contributed by atoms with Gasteiger partial charge in [-0.3, -0.25) is 0 Å². The fraction of sp³-hybridized carbons (Fsp3) is 0.357. The molecule has 1 aromatic rings. The van der Waals surface area contributed by atoms with Crippen molar-refractivity contribution < 1.29 is 19.4 Å². The predicted octanol–water partition coefficient (Wildman–Crippen LogP) is 3.15. The molecule has 0 radical (unpaired) electrons. The Balaban J connectivity index is 3.08. The molecule has 0 saturated heterocycles. The summed E-state index contributed by atoms with van der Waals surface area (Å²) in [5.74, 6) is -1.13. The molecule has 0 aromatic heterocycles. The van der Waals surface area contributed by atoms with Crippen molar-refractivity contribution in [3.05, 3.63) is 42.5 Å². The number of rotatable bonds is 8. The average molecular weight is 282 g/mol. The molecule has 1 rings (SSSR count). The first-order valence-electron chi connectivity index (χ1n) is 6.00. The lowest BCUT2D eigenvalue weighted by molar-refractivity contribution is -0.157. The molecule has 0 saturated carbocycles. The Morgan fingerprint density at radius 3 is 2.21 bits per heavy atom. The van der Waals surface area contributed by atoms with Crippen LogP contribution >= 0.6 is 11.8 Å². The summed E-state index contributed by atoms with van der Waals surface area (Å²) in [5.41, 5.74) is -0.120. The lowest BCUT2D eigenvalue weighted by Gasteiger charge is -2.32. The van der Waals surface area contributed by atoms with Crippen molar-refractivity contribution in [2.24, 2.45) is 0 Å². The van der Waals surface area contributed by atoms with E-state index >= 15 is 0 Å². The fourth-order valence-corrected chi connectivity index (χ4v) is 2.66. The van der Waals surface area contributed by atoms with E-state index < -0.39 is 11.1 Å². The second-order valence-corrected chi connectivity index (χ2v) is 4.83. The predicted molar refractivity (Wildman–Crippen MR) is 75.1 cm³/mol. The Morgan fingerprint density at radius 2 is 1.79 bits per heavy atom. The van der Waals surface area contributed by atoms with Crippen LogP contribution in [0.3, 0.4) is 0 Å². The SMILES string of the molecule is C=C(C(=O)O)C(OCC)(OCC)Sc1ccccc1. The summed E-state index contributed by atoms with van der Waals surface area (Å²) in [6.45, 7) is 7.81. The first-order valence-corrected chi connectivity index (χ1v) is 6.82. The van der Waals surface area contributed by atoms with E-state index in [1.807, 2.05) is 30.3 Å². The zero-order valence-electron chi connectivity index (χ0n) is 11.1. The molecule has 0 bridgehead atoms. The molecule has 0 aliphatic carbocycles. The van der Waals surface area contributed by atoms with Crippen LogP contribution in [0.4, 0.5) is 0 Å². The van der Waals surface area contributed by atoms with Crippen LogP contribution in [0, 0.1) is 0 Å². The van der Waals surface area contributed by atoms with Gasteiger partial charge in [0.05, 0.1) is 0 Å². The molecule has 1 N–H and O–H groups in total. The summed E-state index contributed by atoms with van der Waals surface area (Å²) in [7, 11) is 0. The van der Waals surface area contributed by atoms with Gasteiger partial charge in [-0.1, -0.05) is 36.5 Å². The van der Waals surface area contributed by atoms with E-state index in [1.54, 1.807) is 13.8 Å². The average Bonchev–Trinajstić information content (AvgIpc) is 2.39. The fourth-order valence-electron chi connectivity index (χ4n) is 1.49. The lowest BCUT2D eigenvalue weighted by atomic mass is 10.3. The minimum Gasteiger partial charge on any atom is -0.478 e. The molecule has 0 spiro atoms. The highest BCUT2D eigenvalue weighted by molar-refractivity contribution is 8.00. The first-order chi connectivity index (χ1) is 9.05. The molecular weight excluding hydrogens is 264 g/mol. The zero-order valence-corrected chi connectivity index (χ0v) is 11.9. The standard InChI is InChI=1S/C14H18O4S/c1-4-17-14(18-5-2,11(3)13(15)16)19-12-9-7-6-8-10-12/h6-10H,3-5H2,1-2H3,(H,15,16). The highest BCUT2D eigenvalue weighted by Crippen LogP contribution is 2.40. The molecule has 0 atom stereocenters. The lowest BCUT2D eigenvalue weighted by Crippen LogP contribution is -2.37. The van der Waals surface area contributed by atoms with Crippen molar-refractivity contribution in [1.82, 2.24) is 0 Å². The number of ether oxygens (including phenoxy) is 2. The van der Waals surface area contributed by atoms with Gasteiger partial charge in [0.25, 0.3) is 5.12 Å². The number of carboxylic acids is 1. The van der Waals surface area contributed by atoms with Gasteiger partial charge in [-0.2, -0.15) is 0 Å². The van der Waals surface area contributed by atoms with E-state index in [4.69, 9.17) is 9.47 Å². The minimum atomic E-state index is -1.39. The van der Waals surface area contributed by atoms with Gasteiger partial charge in [0.2, 0.25) is 0 Å². The second-order valence-electron chi connectivity index (χ2n) is 3.62. The molecule has 0 heterocycles. The third-order valence-electron chi connectivity index (χ3n) is 2.29. The normalized spacial score (nSPS) is 11.3.